The van der Waals surface area contributed by atoms with Crippen LogP contribution in [0, 0.1) is 6.92 Å². The van der Waals surface area contributed by atoms with Crippen molar-refractivity contribution in [3.05, 3.63) is 22.9 Å². The van der Waals surface area contributed by atoms with E-state index in [2.05, 4.69) is 9.72 Å². The first-order chi connectivity index (χ1) is 8.01. The second kappa shape index (κ2) is 5.56. The number of alkyl halides is 2. The Hall–Kier alpha value is -1.72. The molecule has 4 nitrogen and oxygen atoms in total. The molecule has 0 spiro atoms. The van der Waals surface area contributed by atoms with E-state index in [-0.39, 0.29) is 17.9 Å². The molecule has 0 aromatic carbocycles. The molecular formula is C11H13F2NO3. The van der Waals surface area contributed by atoms with Gasteiger partial charge in [-0.25, -0.2) is 13.8 Å². The number of carbonyl (C=O) groups is 1. The number of methoxy groups -OCH3 is 2. The summed E-state index contributed by atoms with van der Waals surface area (Å²) in [6, 6.07) is 0. The number of rotatable bonds is 4. The number of pyridine rings is 1. The lowest BCUT2D eigenvalue weighted by molar-refractivity contribution is -0.139. The summed E-state index contributed by atoms with van der Waals surface area (Å²) in [6.07, 6.45) is -1.72. The van der Waals surface area contributed by atoms with Gasteiger partial charge in [0.15, 0.2) is 0 Å². The largest absolute Gasteiger partial charge is 0.481 e. The van der Waals surface area contributed by atoms with E-state index in [9.17, 15) is 13.6 Å². The van der Waals surface area contributed by atoms with Crippen LogP contribution >= 0.6 is 0 Å². The first kappa shape index (κ1) is 13.3. The fourth-order valence-electron chi connectivity index (χ4n) is 1.46. The molecule has 0 unspecified atom stereocenters. The predicted molar refractivity (Wildman–Crippen MR) is 56.2 cm³/mol. The van der Waals surface area contributed by atoms with Gasteiger partial charge in [0.2, 0.25) is 5.88 Å². The van der Waals surface area contributed by atoms with Crippen LogP contribution in [0.2, 0.25) is 0 Å². The third kappa shape index (κ3) is 2.89. The highest BCUT2D eigenvalue weighted by Crippen LogP contribution is 2.29. The lowest BCUT2D eigenvalue weighted by Crippen LogP contribution is -2.10. The Labute approximate surface area is 97.6 Å². The number of nitrogens with zero attached hydrogens (tertiary/aromatic N) is 1. The van der Waals surface area contributed by atoms with E-state index in [4.69, 9.17) is 4.74 Å². The lowest BCUT2D eigenvalue weighted by atomic mass is 10.0. The van der Waals surface area contributed by atoms with Crippen LogP contribution in [0.4, 0.5) is 8.78 Å². The van der Waals surface area contributed by atoms with Gasteiger partial charge in [-0.15, -0.1) is 0 Å². The summed E-state index contributed by atoms with van der Waals surface area (Å²) in [7, 11) is 2.60. The first-order valence-electron chi connectivity index (χ1n) is 4.88. The monoisotopic (exact) mass is 245 g/mol. The zero-order valence-corrected chi connectivity index (χ0v) is 9.79. The van der Waals surface area contributed by atoms with Gasteiger partial charge in [-0.1, -0.05) is 0 Å². The van der Waals surface area contributed by atoms with E-state index in [0.29, 0.717) is 11.1 Å². The van der Waals surface area contributed by atoms with E-state index in [1.807, 2.05) is 0 Å². The molecule has 0 radical (unpaired) electrons. The maximum absolute atomic E-state index is 12.7. The number of aromatic nitrogens is 1. The van der Waals surface area contributed by atoms with Gasteiger partial charge in [0, 0.05) is 17.3 Å². The van der Waals surface area contributed by atoms with E-state index in [0.717, 1.165) is 6.20 Å². The van der Waals surface area contributed by atoms with Gasteiger partial charge >= 0.3 is 5.97 Å². The zero-order chi connectivity index (χ0) is 13.0. The minimum Gasteiger partial charge on any atom is -0.481 e. The Morgan fingerprint density at radius 3 is 2.59 bits per heavy atom. The van der Waals surface area contributed by atoms with E-state index in [1.54, 1.807) is 0 Å². The van der Waals surface area contributed by atoms with Crippen molar-refractivity contribution in [3.63, 3.8) is 0 Å². The van der Waals surface area contributed by atoms with Gasteiger partial charge in [0.25, 0.3) is 6.43 Å². The second-order valence-corrected chi connectivity index (χ2v) is 3.38. The molecule has 0 amide bonds. The van der Waals surface area contributed by atoms with Gasteiger partial charge in [-0.2, -0.15) is 0 Å². The minimum atomic E-state index is -2.63. The van der Waals surface area contributed by atoms with Crippen molar-refractivity contribution in [2.24, 2.45) is 0 Å². The van der Waals surface area contributed by atoms with Crippen molar-refractivity contribution in [2.75, 3.05) is 14.2 Å². The molecule has 1 heterocycles. The Morgan fingerprint density at radius 2 is 2.12 bits per heavy atom. The highest BCUT2D eigenvalue weighted by molar-refractivity contribution is 5.74. The summed E-state index contributed by atoms with van der Waals surface area (Å²) in [5.74, 6) is -0.364. The maximum atomic E-state index is 12.7. The topological polar surface area (TPSA) is 48.4 Å². The van der Waals surface area contributed by atoms with Gasteiger partial charge in [-0.3, -0.25) is 4.79 Å². The minimum absolute atomic E-state index is 0.140. The summed E-state index contributed by atoms with van der Waals surface area (Å²) in [5, 5.41) is 0. The molecule has 1 aromatic rings. The number of halogens is 2. The molecule has 17 heavy (non-hydrogen) atoms. The van der Waals surface area contributed by atoms with Gasteiger partial charge in [-0.05, 0) is 12.5 Å². The van der Waals surface area contributed by atoms with Crippen LogP contribution in [0.5, 0.6) is 5.88 Å². The Morgan fingerprint density at radius 1 is 1.47 bits per heavy atom. The number of hydrogen-bond donors (Lipinski definition) is 0. The molecule has 0 aliphatic heterocycles. The number of ether oxygens (including phenoxy) is 2. The SMILES string of the molecule is COC(=O)Cc1c(OC)ncc(C(F)F)c1C. The number of esters is 1. The Bertz CT molecular complexity index is 421. The molecule has 0 saturated carbocycles. The summed E-state index contributed by atoms with van der Waals surface area (Å²) in [5.41, 5.74) is 0.430. The standard InChI is InChI=1S/C11H13F2NO3/c1-6-7(4-9(15)16-2)11(17-3)14-5-8(6)10(12)13/h5,10H,4H2,1-3H3. The van der Waals surface area contributed by atoms with Crippen LogP contribution in [-0.2, 0) is 16.0 Å². The van der Waals surface area contributed by atoms with Crippen LogP contribution in [0.15, 0.2) is 6.20 Å². The van der Waals surface area contributed by atoms with Crippen molar-refractivity contribution < 1.29 is 23.0 Å². The zero-order valence-electron chi connectivity index (χ0n) is 9.79. The first-order valence-corrected chi connectivity index (χ1v) is 4.88. The molecule has 0 N–H and O–H groups in total. The summed E-state index contributed by atoms with van der Waals surface area (Å²) >= 11 is 0. The van der Waals surface area contributed by atoms with Crippen molar-refractivity contribution in [3.8, 4) is 5.88 Å². The molecule has 0 aliphatic carbocycles. The van der Waals surface area contributed by atoms with E-state index >= 15 is 0 Å². The van der Waals surface area contributed by atoms with Crippen molar-refractivity contribution in [1.29, 1.82) is 0 Å². The normalized spacial score (nSPS) is 10.5. The van der Waals surface area contributed by atoms with Gasteiger partial charge in [0.05, 0.1) is 20.6 Å². The molecule has 0 fully saturated rings. The number of hydrogen-bond acceptors (Lipinski definition) is 4. The molecule has 0 atom stereocenters. The van der Waals surface area contributed by atoms with Crippen LogP contribution in [0.3, 0.4) is 0 Å². The summed E-state index contributed by atoms with van der Waals surface area (Å²) in [6.45, 7) is 1.50. The van der Waals surface area contributed by atoms with E-state index < -0.39 is 12.4 Å². The fourth-order valence-corrected chi connectivity index (χ4v) is 1.46. The Kier molecular flexibility index (Phi) is 4.37. The van der Waals surface area contributed by atoms with Gasteiger partial charge < -0.3 is 9.47 Å². The average molecular weight is 245 g/mol. The van der Waals surface area contributed by atoms with Crippen molar-refractivity contribution in [1.82, 2.24) is 4.98 Å². The highest BCUT2D eigenvalue weighted by Gasteiger charge is 2.20. The molecule has 0 saturated heterocycles. The lowest BCUT2D eigenvalue weighted by Gasteiger charge is -2.13. The van der Waals surface area contributed by atoms with Crippen LogP contribution in [0.1, 0.15) is 23.1 Å². The van der Waals surface area contributed by atoms with Crippen LogP contribution in [-0.4, -0.2) is 25.2 Å². The molecule has 1 rings (SSSR count). The third-order valence-electron chi connectivity index (χ3n) is 2.44. The quantitative estimate of drug-likeness (QED) is 0.762. The molecule has 0 bridgehead atoms. The van der Waals surface area contributed by atoms with Gasteiger partial charge in [0.1, 0.15) is 0 Å². The number of carbonyl (C=O) groups excluding carboxylic acids is 1. The Balaban J connectivity index is 3.22. The molecule has 1 aromatic heterocycles. The van der Waals surface area contributed by atoms with Crippen molar-refractivity contribution >= 4 is 5.97 Å². The molecular weight excluding hydrogens is 232 g/mol. The molecule has 6 heteroatoms. The second-order valence-electron chi connectivity index (χ2n) is 3.38. The predicted octanol–water partition coefficient (Wildman–Crippen LogP) is 2.05. The fraction of sp³-hybridized carbons (Fsp3) is 0.455. The maximum Gasteiger partial charge on any atom is 0.310 e. The highest BCUT2D eigenvalue weighted by atomic mass is 19.3. The van der Waals surface area contributed by atoms with Crippen LogP contribution in [0.25, 0.3) is 0 Å². The summed E-state index contributed by atoms with van der Waals surface area (Å²) in [4.78, 5) is 14.9. The van der Waals surface area contributed by atoms with E-state index in [1.165, 1.54) is 21.1 Å². The average Bonchev–Trinajstić information content (AvgIpc) is 2.30. The van der Waals surface area contributed by atoms with Crippen LogP contribution < -0.4 is 4.74 Å². The smallest absolute Gasteiger partial charge is 0.310 e. The third-order valence-corrected chi connectivity index (χ3v) is 2.44. The molecule has 94 valence electrons. The molecule has 0 aliphatic rings. The van der Waals surface area contributed by atoms with Crippen molar-refractivity contribution in [2.45, 2.75) is 19.8 Å². The summed E-state index contributed by atoms with van der Waals surface area (Å²) < 4.78 is 34.8.